The van der Waals surface area contributed by atoms with Crippen LogP contribution in [0.25, 0.3) is 17.1 Å². The van der Waals surface area contributed by atoms with Gasteiger partial charge in [0.05, 0.1) is 11.0 Å². The van der Waals surface area contributed by atoms with Crippen LogP contribution in [0.1, 0.15) is 57.5 Å². The highest BCUT2D eigenvalue weighted by molar-refractivity contribution is 5.94. The van der Waals surface area contributed by atoms with Crippen LogP contribution in [-0.4, -0.2) is 40.1 Å². The van der Waals surface area contributed by atoms with Crippen LogP contribution in [0.5, 0.6) is 0 Å². The van der Waals surface area contributed by atoms with E-state index in [-0.39, 0.29) is 5.78 Å². The van der Waals surface area contributed by atoms with Crippen molar-refractivity contribution in [2.24, 2.45) is 7.05 Å². The van der Waals surface area contributed by atoms with Crippen molar-refractivity contribution in [3.8, 4) is 0 Å². The molecule has 172 valence electrons. The first-order chi connectivity index (χ1) is 15.5. The van der Waals surface area contributed by atoms with Crippen LogP contribution in [0, 0.1) is 0 Å². The number of aliphatic hydroxyl groups excluding tert-OH is 1. The summed E-state index contributed by atoms with van der Waals surface area (Å²) in [6, 6.07) is 14.6. The van der Waals surface area contributed by atoms with Gasteiger partial charge in [0.25, 0.3) is 0 Å². The maximum atomic E-state index is 11.2. The largest absolute Gasteiger partial charge is 0.388 e. The third-order valence-electron chi connectivity index (χ3n) is 5.27. The highest BCUT2D eigenvalue weighted by Crippen LogP contribution is 2.24. The second kappa shape index (κ2) is 12.8. The zero-order chi connectivity index (χ0) is 23.5. The number of carbonyl (C=O) groups is 1. The molecule has 0 saturated carbocycles. The number of fused-ring (bicyclic) bond motifs is 1. The summed E-state index contributed by atoms with van der Waals surface area (Å²) in [4.78, 5) is 18.5. The molecule has 0 aliphatic carbocycles. The summed E-state index contributed by atoms with van der Waals surface area (Å²) in [6.07, 6.45) is 6.12. The number of ketones is 1. The van der Waals surface area contributed by atoms with Gasteiger partial charge in [-0.1, -0.05) is 58.0 Å². The van der Waals surface area contributed by atoms with Gasteiger partial charge in [-0.15, -0.1) is 0 Å². The molecule has 0 amide bonds. The summed E-state index contributed by atoms with van der Waals surface area (Å²) in [6.45, 7) is 10.1. The number of aryl methyl sites for hydroxylation is 1. The molecule has 0 unspecified atom stereocenters. The van der Waals surface area contributed by atoms with Crippen LogP contribution in [0.4, 0.5) is 5.69 Å². The molecule has 3 aromatic rings. The SMILES string of the molecule is CC.CCCN(CCC)c1ccc2c(c1)nc(Cc1ccc(/C=C/C(=O)CO)cc1)n2C. The normalized spacial score (nSPS) is 10.9. The molecule has 5 heteroatoms. The van der Waals surface area contributed by atoms with E-state index in [1.807, 2.05) is 26.0 Å². The van der Waals surface area contributed by atoms with Crippen molar-refractivity contribution in [2.75, 3.05) is 24.6 Å². The van der Waals surface area contributed by atoms with Gasteiger partial charge in [-0.3, -0.25) is 4.79 Å². The fraction of sp³-hybridized carbons (Fsp3) is 0.407. The summed E-state index contributed by atoms with van der Waals surface area (Å²) >= 11 is 0. The molecule has 32 heavy (non-hydrogen) atoms. The lowest BCUT2D eigenvalue weighted by Crippen LogP contribution is -2.24. The number of hydrogen-bond acceptors (Lipinski definition) is 4. The van der Waals surface area contributed by atoms with E-state index in [9.17, 15) is 4.79 Å². The van der Waals surface area contributed by atoms with E-state index in [1.54, 1.807) is 6.08 Å². The summed E-state index contributed by atoms with van der Waals surface area (Å²) in [5.41, 5.74) is 5.51. The monoisotopic (exact) mass is 435 g/mol. The number of anilines is 1. The van der Waals surface area contributed by atoms with Gasteiger partial charge in [0.2, 0.25) is 0 Å². The Hall–Kier alpha value is -2.92. The summed E-state index contributed by atoms with van der Waals surface area (Å²) in [5.74, 6) is 0.730. The Morgan fingerprint density at radius 2 is 1.72 bits per heavy atom. The van der Waals surface area contributed by atoms with Gasteiger partial charge >= 0.3 is 0 Å². The maximum absolute atomic E-state index is 11.2. The van der Waals surface area contributed by atoms with Gasteiger partial charge < -0.3 is 14.6 Å². The van der Waals surface area contributed by atoms with Crippen molar-refractivity contribution < 1.29 is 9.90 Å². The van der Waals surface area contributed by atoms with E-state index >= 15 is 0 Å². The smallest absolute Gasteiger partial charge is 0.181 e. The Balaban J connectivity index is 0.00000176. The number of aromatic nitrogens is 2. The molecule has 1 N–H and O–H groups in total. The van der Waals surface area contributed by atoms with Gasteiger partial charge in [-0.05, 0) is 48.2 Å². The van der Waals surface area contributed by atoms with Gasteiger partial charge in [0.15, 0.2) is 5.78 Å². The topological polar surface area (TPSA) is 58.4 Å². The number of imidazole rings is 1. The van der Waals surface area contributed by atoms with Crippen molar-refractivity contribution in [1.29, 1.82) is 0 Å². The quantitative estimate of drug-likeness (QED) is 0.434. The Bertz CT molecular complexity index is 1010. The highest BCUT2D eigenvalue weighted by Gasteiger charge is 2.11. The van der Waals surface area contributed by atoms with Crippen LogP contribution in [0.15, 0.2) is 48.5 Å². The van der Waals surface area contributed by atoms with Crippen LogP contribution >= 0.6 is 0 Å². The van der Waals surface area contributed by atoms with Crippen molar-refractivity contribution in [3.63, 3.8) is 0 Å². The first kappa shape index (κ1) is 25.3. The minimum atomic E-state index is -0.461. The lowest BCUT2D eigenvalue weighted by Gasteiger charge is -2.23. The zero-order valence-electron chi connectivity index (χ0n) is 20.1. The third-order valence-corrected chi connectivity index (χ3v) is 5.27. The molecule has 0 aliphatic rings. The van der Waals surface area contributed by atoms with Crippen molar-refractivity contribution >= 4 is 28.6 Å². The number of hydrogen-bond donors (Lipinski definition) is 1. The first-order valence-corrected chi connectivity index (χ1v) is 11.7. The van der Waals surface area contributed by atoms with E-state index in [2.05, 4.69) is 60.7 Å². The minimum Gasteiger partial charge on any atom is -0.388 e. The van der Waals surface area contributed by atoms with Crippen molar-refractivity contribution in [2.45, 2.75) is 47.0 Å². The van der Waals surface area contributed by atoms with E-state index in [4.69, 9.17) is 10.1 Å². The van der Waals surface area contributed by atoms with Gasteiger partial charge in [0, 0.05) is 32.2 Å². The molecular weight excluding hydrogens is 398 g/mol. The third kappa shape index (κ3) is 6.54. The molecule has 3 rings (SSSR count). The van der Waals surface area contributed by atoms with Gasteiger partial charge in [-0.25, -0.2) is 4.98 Å². The number of carbonyl (C=O) groups excluding carboxylic acids is 1. The van der Waals surface area contributed by atoms with Crippen molar-refractivity contribution in [1.82, 2.24) is 9.55 Å². The number of rotatable bonds is 10. The van der Waals surface area contributed by atoms with Gasteiger partial charge in [-0.2, -0.15) is 0 Å². The molecule has 5 nitrogen and oxygen atoms in total. The molecule has 2 aromatic carbocycles. The highest BCUT2D eigenvalue weighted by atomic mass is 16.3. The molecule has 0 aliphatic heterocycles. The average Bonchev–Trinajstić information content (AvgIpc) is 3.14. The fourth-order valence-corrected chi connectivity index (χ4v) is 3.67. The Kier molecular flexibility index (Phi) is 10.2. The molecule has 0 saturated heterocycles. The molecule has 0 spiro atoms. The number of nitrogens with zero attached hydrogens (tertiary/aromatic N) is 3. The zero-order valence-corrected chi connectivity index (χ0v) is 20.1. The van der Waals surface area contributed by atoms with Crippen LogP contribution < -0.4 is 4.90 Å². The van der Waals surface area contributed by atoms with Crippen LogP contribution in [0.3, 0.4) is 0 Å². The molecule has 0 radical (unpaired) electrons. The maximum Gasteiger partial charge on any atom is 0.181 e. The first-order valence-electron chi connectivity index (χ1n) is 11.7. The van der Waals surface area contributed by atoms with E-state index < -0.39 is 6.61 Å². The van der Waals surface area contributed by atoms with Crippen LogP contribution in [0.2, 0.25) is 0 Å². The minimum absolute atomic E-state index is 0.297. The Morgan fingerprint density at radius 1 is 1.06 bits per heavy atom. The molecule has 0 fully saturated rings. The average molecular weight is 436 g/mol. The number of aliphatic hydroxyl groups is 1. The second-order valence-corrected chi connectivity index (χ2v) is 7.62. The van der Waals surface area contributed by atoms with Crippen molar-refractivity contribution in [3.05, 3.63) is 65.5 Å². The standard InChI is InChI=1S/C25H31N3O2.C2H6/c1-4-14-28(15-5-2)21-11-13-24-23(17-21)26-25(27(24)3)16-20-8-6-19(7-9-20)10-12-22(30)18-29;1-2/h6-13,17,29H,4-5,14-16,18H2,1-3H3;1-2H3/b12-10+;. The number of benzene rings is 2. The molecule has 1 aromatic heterocycles. The predicted molar refractivity (Wildman–Crippen MR) is 135 cm³/mol. The molecule has 0 bridgehead atoms. The molecular formula is C27H37N3O2. The lowest BCUT2D eigenvalue weighted by atomic mass is 10.1. The molecule has 0 atom stereocenters. The fourth-order valence-electron chi connectivity index (χ4n) is 3.67. The van der Waals surface area contributed by atoms with Gasteiger partial charge in [0.1, 0.15) is 12.4 Å². The molecule has 1 heterocycles. The Labute approximate surface area is 192 Å². The lowest BCUT2D eigenvalue weighted by molar-refractivity contribution is -0.117. The van der Waals surface area contributed by atoms with E-state index in [0.29, 0.717) is 0 Å². The summed E-state index contributed by atoms with van der Waals surface area (Å²) < 4.78 is 2.16. The van der Waals surface area contributed by atoms with Crippen LogP contribution in [-0.2, 0) is 18.3 Å². The summed E-state index contributed by atoms with van der Waals surface area (Å²) in [5, 5.41) is 8.80. The Morgan fingerprint density at radius 3 is 2.31 bits per heavy atom. The van der Waals surface area contributed by atoms with E-state index in [1.165, 1.54) is 11.8 Å². The summed E-state index contributed by atoms with van der Waals surface area (Å²) in [7, 11) is 2.07. The van der Waals surface area contributed by atoms with E-state index in [0.717, 1.165) is 60.3 Å². The second-order valence-electron chi connectivity index (χ2n) is 7.62. The predicted octanol–water partition coefficient (Wildman–Crippen LogP) is 5.39.